The molecule has 6 nitrogen and oxygen atoms in total. The number of thiophene rings is 1. The van der Waals surface area contributed by atoms with Crippen molar-refractivity contribution in [3.8, 4) is 0 Å². The van der Waals surface area contributed by atoms with Gasteiger partial charge in [0.25, 0.3) is 0 Å². The molecular weight excluding hydrogens is 254 g/mol. The Bertz CT molecular complexity index is 465. The van der Waals surface area contributed by atoms with Crippen LogP contribution in [-0.4, -0.2) is 37.8 Å². The van der Waals surface area contributed by atoms with Crippen LogP contribution in [0.3, 0.4) is 0 Å². The number of aliphatic hydroxyl groups excluding tert-OH is 1. The molecule has 1 heterocycles. The molecule has 0 amide bonds. The summed E-state index contributed by atoms with van der Waals surface area (Å²) in [4.78, 5) is 10.5. The molecule has 0 saturated heterocycles. The van der Waals surface area contributed by atoms with Crippen LogP contribution in [-0.2, 0) is 10.0 Å². The van der Waals surface area contributed by atoms with Crippen LogP contribution in [0.15, 0.2) is 16.3 Å². The molecule has 0 unspecified atom stereocenters. The highest BCUT2D eigenvalue weighted by Crippen LogP contribution is 2.18. The number of aromatic carboxylic acids is 1. The predicted octanol–water partition coefficient (Wildman–Crippen LogP) is 0.107. The predicted molar refractivity (Wildman–Crippen MR) is 58.2 cm³/mol. The highest BCUT2D eigenvalue weighted by molar-refractivity contribution is 7.89. The molecule has 0 aromatic carbocycles. The summed E-state index contributed by atoms with van der Waals surface area (Å²) < 4.78 is 25.4. The van der Waals surface area contributed by atoms with E-state index >= 15 is 0 Å². The maximum Gasteiger partial charge on any atom is 0.345 e. The lowest BCUT2D eigenvalue weighted by molar-refractivity contribution is 0.0702. The molecule has 0 aliphatic heterocycles. The van der Waals surface area contributed by atoms with Gasteiger partial charge in [-0.2, -0.15) is 0 Å². The second-order valence-corrected chi connectivity index (χ2v) is 5.60. The molecule has 0 aliphatic rings. The summed E-state index contributed by atoms with van der Waals surface area (Å²) in [7, 11) is -3.66. The topological polar surface area (TPSA) is 104 Å². The van der Waals surface area contributed by atoms with Gasteiger partial charge in [-0.1, -0.05) is 0 Å². The number of rotatable bonds is 6. The van der Waals surface area contributed by atoms with Crippen LogP contribution in [0.25, 0.3) is 0 Å². The Labute approximate surface area is 96.6 Å². The van der Waals surface area contributed by atoms with E-state index in [2.05, 4.69) is 4.72 Å². The molecule has 1 rings (SSSR count). The van der Waals surface area contributed by atoms with E-state index in [1.807, 2.05) is 0 Å². The number of hydrogen-bond acceptors (Lipinski definition) is 5. The standard InChI is InChI=1S/C8H11NO5S2/c10-3-1-2-9-16(13,14)6-4-7(8(11)12)15-5-6/h4-5,9-10H,1-3H2,(H,11,12). The highest BCUT2D eigenvalue weighted by atomic mass is 32.2. The largest absolute Gasteiger partial charge is 0.477 e. The Balaban J connectivity index is 2.78. The fourth-order valence-corrected chi connectivity index (χ4v) is 3.13. The van der Waals surface area contributed by atoms with Crippen molar-refractivity contribution in [1.82, 2.24) is 4.72 Å². The van der Waals surface area contributed by atoms with Gasteiger partial charge in [0.05, 0.1) is 4.90 Å². The van der Waals surface area contributed by atoms with Gasteiger partial charge in [0.15, 0.2) is 0 Å². The zero-order valence-corrected chi connectivity index (χ0v) is 9.84. The van der Waals surface area contributed by atoms with Crippen molar-refractivity contribution < 1.29 is 23.4 Å². The monoisotopic (exact) mass is 265 g/mol. The summed E-state index contributed by atoms with van der Waals surface area (Å²) in [6.07, 6.45) is 0.315. The fraction of sp³-hybridized carbons (Fsp3) is 0.375. The molecule has 1 aromatic rings. The maximum absolute atomic E-state index is 11.6. The number of aliphatic hydroxyl groups is 1. The van der Waals surface area contributed by atoms with Crippen molar-refractivity contribution >= 4 is 27.3 Å². The number of carboxylic acids is 1. The number of carboxylic acid groups (broad SMARTS) is 1. The van der Waals surface area contributed by atoms with E-state index in [0.29, 0.717) is 6.42 Å². The molecule has 90 valence electrons. The summed E-state index contributed by atoms with van der Waals surface area (Å²) in [5.41, 5.74) is 0. The second-order valence-electron chi connectivity index (χ2n) is 2.93. The lowest BCUT2D eigenvalue weighted by atomic mass is 10.5. The van der Waals surface area contributed by atoms with E-state index in [-0.39, 0.29) is 22.9 Å². The number of hydrogen-bond donors (Lipinski definition) is 3. The minimum absolute atomic E-state index is 0.0254. The highest BCUT2D eigenvalue weighted by Gasteiger charge is 2.17. The molecule has 3 N–H and O–H groups in total. The number of nitrogens with one attached hydrogen (secondary N) is 1. The smallest absolute Gasteiger partial charge is 0.345 e. The van der Waals surface area contributed by atoms with Crippen LogP contribution in [0.1, 0.15) is 16.1 Å². The Kier molecular flexibility index (Phi) is 4.42. The fourth-order valence-electron chi connectivity index (χ4n) is 0.941. The molecule has 0 aliphatic carbocycles. The van der Waals surface area contributed by atoms with Crippen LogP contribution < -0.4 is 4.72 Å². The first-order chi connectivity index (χ1) is 7.47. The minimum atomic E-state index is -3.66. The average Bonchev–Trinajstić information content (AvgIpc) is 2.67. The SMILES string of the molecule is O=C(O)c1cc(S(=O)(=O)NCCCO)cs1. The van der Waals surface area contributed by atoms with Crippen molar-refractivity contribution in [3.63, 3.8) is 0 Å². The van der Waals surface area contributed by atoms with E-state index in [9.17, 15) is 13.2 Å². The quantitative estimate of drug-likeness (QED) is 0.633. The molecule has 0 radical (unpaired) electrons. The first-order valence-electron chi connectivity index (χ1n) is 4.39. The average molecular weight is 265 g/mol. The minimum Gasteiger partial charge on any atom is -0.477 e. The summed E-state index contributed by atoms with van der Waals surface area (Å²) in [5.74, 6) is -1.15. The molecular formula is C8H11NO5S2. The third-order valence-electron chi connectivity index (χ3n) is 1.72. The first-order valence-corrected chi connectivity index (χ1v) is 6.76. The molecule has 8 heteroatoms. The van der Waals surface area contributed by atoms with Crippen LogP contribution >= 0.6 is 11.3 Å². The van der Waals surface area contributed by atoms with Crippen molar-refractivity contribution in [2.24, 2.45) is 0 Å². The zero-order valence-electron chi connectivity index (χ0n) is 8.21. The third-order valence-corrected chi connectivity index (χ3v) is 4.23. The van der Waals surface area contributed by atoms with Crippen LogP contribution in [0.5, 0.6) is 0 Å². The molecule has 0 spiro atoms. The van der Waals surface area contributed by atoms with Gasteiger partial charge in [-0.3, -0.25) is 0 Å². The van der Waals surface area contributed by atoms with Crippen LogP contribution in [0, 0.1) is 0 Å². The second kappa shape index (κ2) is 5.39. The van der Waals surface area contributed by atoms with E-state index in [4.69, 9.17) is 10.2 Å². The van der Waals surface area contributed by atoms with E-state index in [1.54, 1.807) is 0 Å². The van der Waals surface area contributed by atoms with Crippen molar-refractivity contribution in [3.05, 3.63) is 16.3 Å². The van der Waals surface area contributed by atoms with Gasteiger partial charge in [0, 0.05) is 18.5 Å². The summed E-state index contributed by atoms with van der Waals surface area (Å²) in [5, 5.41) is 18.4. The number of sulfonamides is 1. The molecule has 0 fully saturated rings. The van der Waals surface area contributed by atoms with Gasteiger partial charge in [0.1, 0.15) is 4.88 Å². The van der Waals surface area contributed by atoms with Crippen molar-refractivity contribution in [1.29, 1.82) is 0 Å². The molecule has 16 heavy (non-hydrogen) atoms. The van der Waals surface area contributed by atoms with Crippen LogP contribution in [0.4, 0.5) is 0 Å². The Morgan fingerprint density at radius 2 is 2.19 bits per heavy atom. The Morgan fingerprint density at radius 1 is 1.50 bits per heavy atom. The van der Waals surface area contributed by atoms with Gasteiger partial charge in [-0.05, 0) is 12.5 Å². The molecule has 0 saturated carbocycles. The van der Waals surface area contributed by atoms with E-state index in [0.717, 1.165) is 17.4 Å². The van der Waals surface area contributed by atoms with Crippen LogP contribution in [0.2, 0.25) is 0 Å². The normalized spacial score (nSPS) is 11.6. The summed E-state index contributed by atoms with van der Waals surface area (Å²) in [6.45, 7) is 0.0175. The van der Waals surface area contributed by atoms with Gasteiger partial charge in [-0.25, -0.2) is 17.9 Å². The van der Waals surface area contributed by atoms with Gasteiger partial charge < -0.3 is 10.2 Å². The van der Waals surface area contributed by atoms with Gasteiger partial charge in [-0.15, -0.1) is 11.3 Å². The van der Waals surface area contributed by atoms with Gasteiger partial charge in [0.2, 0.25) is 10.0 Å². The third kappa shape index (κ3) is 3.27. The number of carbonyl (C=O) groups is 1. The summed E-state index contributed by atoms with van der Waals surface area (Å²) in [6, 6.07) is 1.11. The molecule has 0 bridgehead atoms. The van der Waals surface area contributed by atoms with Gasteiger partial charge >= 0.3 is 5.97 Å². The first kappa shape index (κ1) is 13.1. The zero-order chi connectivity index (χ0) is 12.2. The Morgan fingerprint density at radius 3 is 2.69 bits per heavy atom. The lowest BCUT2D eigenvalue weighted by Crippen LogP contribution is -2.24. The Hall–Kier alpha value is -0.960. The van der Waals surface area contributed by atoms with E-state index < -0.39 is 16.0 Å². The molecule has 0 atom stereocenters. The van der Waals surface area contributed by atoms with E-state index in [1.165, 1.54) is 5.38 Å². The summed E-state index contributed by atoms with van der Waals surface area (Å²) >= 11 is 0.856. The van der Waals surface area contributed by atoms with Crippen molar-refractivity contribution in [2.75, 3.05) is 13.2 Å². The lowest BCUT2D eigenvalue weighted by Gasteiger charge is -2.02. The maximum atomic E-state index is 11.6. The van der Waals surface area contributed by atoms with Crippen molar-refractivity contribution in [2.45, 2.75) is 11.3 Å². The molecule has 1 aromatic heterocycles.